The van der Waals surface area contributed by atoms with E-state index >= 15 is 0 Å². The summed E-state index contributed by atoms with van der Waals surface area (Å²) in [6.45, 7) is 9.45. The van der Waals surface area contributed by atoms with Gasteiger partial charge in [-0.25, -0.2) is 0 Å². The molecule has 0 heterocycles. The Labute approximate surface area is 129 Å². The SMILES string of the molecule is CCC1=Cc2c(cccc2-c2ccc([Si](C)(C)C)cc2)C1. The van der Waals surface area contributed by atoms with Crippen molar-refractivity contribution in [3.05, 3.63) is 59.2 Å². The van der Waals surface area contributed by atoms with Crippen molar-refractivity contribution in [2.75, 3.05) is 0 Å². The van der Waals surface area contributed by atoms with Crippen LogP contribution < -0.4 is 5.19 Å². The molecular weight excluding hydrogens is 268 g/mol. The van der Waals surface area contributed by atoms with Crippen LogP contribution in [-0.4, -0.2) is 8.07 Å². The Morgan fingerprint density at radius 2 is 1.67 bits per heavy atom. The summed E-state index contributed by atoms with van der Waals surface area (Å²) in [6.07, 6.45) is 4.69. The highest BCUT2D eigenvalue weighted by Gasteiger charge is 2.18. The van der Waals surface area contributed by atoms with Gasteiger partial charge in [-0.2, -0.15) is 0 Å². The fraction of sp³-hybridized carbons (Fsp3) is 0.300. The van der Waals surface area contributed by atoms with Gasteiger partial charge in [-0.1, -0.05) is 85.9 Å². The van der Waals surface area contributed by atoms with Gasteiger partial charge in [-0.15, -0.1) is 0 Å². The molecule has 0 radical (unpaired) electrons. The lowest BCUT2D eigenvalue weighted by Gasteiger charge is -2.17. The first-order chi connectivity index (χ1) is 9.99. The number of benzene rings is 2. The third-order valence-corrected chi connectivity index (χ3v) is 6.54. The van der Waals surface area contributed by atoms with Crippen LogP contribution in [0.3, 0.4) is 0 Å². The fourth-order valence-electron chi connectivity index (χ4n) is 3.07. The van der Waals surface area contributed by atoms with Crippen LogP contribution in [-0.2, 0) is 6.42 Å². The van der Waals surface area contributed by atoms with E-state index in [0.717, 1.165) is 12.8 Å². The van der Waals surface area contributed by atoms with Crippen molar-refractivity contribution in [2.24, 2.45) is 0 Å². The van der Waals surface area contributed by atoms with Crippen molar-refractivity contribution in [2.45, 2.75) is 39.4 Å². The molecule has 0 spiro atoms. The second-order valence-electron chi connectivity index (χ2n) is 7.04. The van der Waals surface area contributed by atoms with Gasteiger partial charge in [0.1, 0.15) is 0 Å². The molecule has 0 aliphatic heterocycles. The molecule has 108 valence electrons. The average Bonchev–Trinajstić information content (AvgIpc) is 2.89. The summed E-state index contributed by atoms with van der Waals surface area (Å²) in [5.41, 5.74) is 7.21. The van der Waals surface area contributed by atoms with Crippen LogP contribution in [0.1, 0.15) is 24.5 Å². The highest BCUT2D eigenvalue weighted by Crippen LogP contribution is 2.34. The molecule has 0 nitrogen and oxygen atoms in total. The number of hydrogen-bond donors (Lipinski definition) is 0. The van der Waals surface area contributed by atoms with Gasteiger partial charge in [0, 0.05) is 0 Å². The van der Waals surface area contributed by atoms with Gasteiger partial charge in [0.25, 0.3) is 0 Å². The molecule has 0 saturated heterocycles. The van der Waals surface area contributed by atoms with Crippen molar-refractivity contribution in [3.63, 3.8) is 0 Å². The fourth-order valence-corrected chi connectivity index (χ4v) is 4.23. The number of fused-ring (bicyclic) bond motifs is 1. The predicted octanol–water partition coefficient (Wildman–Crippen LogP) is 5.25. The lowest BCUT2D eigenvalue weighted by molar-refractivity contribution is 1.04. The molecule has 0 bridgehead atoms. The van der Waals surface area contributed by atoms with Crippen LogP contribution in [0, 0.1) is 0 Å². The average molecular weight is 292 g/mol. The minimum atomic E-state index is -1.21. The number of hydrogen-bond acceptors (Lipinski definition) is 0. The molecule has 0 fully saturated rings. The Hall–Kier alpha value is -1.60. The van der Waals surface area contributed by atoms with Crippen molar-refractivity contribution in [1.29, 1.82) is 0 Å². The Bertz CT molecular complexity index is 685. The zero-order valence-corrected chi connectivity index (χ0v) is 14.5. The molecule has 0 atom stereocenters. The summed E-state index contributed by atoms with van der Waals surface area (Å²) in [7, 11) is -1.21. The van der Waals surface area contributed by atoms with Crippen LogP contribution in [0.15, 0.2) is 48.0 Å². The molecule has 0 amide bonds. The molecule has 0 saturated carbocycles. The summed E-state index contributed by atoms with van der Waals surface area (Å²) in [5.74, 6) is 0. The molecule has 0 unspecified atom stereocenters. The molecule has 1 aliphatic carbocycles. The Kier molecular flexibility index (Phi) is 3.62. The summed E-state index contributed by atoms with van der Waals surface area (Å²) >= 11 is 0. The predicted molar refractivity (Wildman–Crippen MR) is 96.8 cm³/mol. The first-order valence-electron chi connectivity index (χ1n) is 7.91. The van der Waals surface area contributed by atoms with E-state index in [1.54, 1.807) is 5.57 Å². The molecule has 2 aromatic carbocycles. The highest BCUT2D eigenvalue weighted by atomic mass is 28.3. The second-order valence-corrected chi connectivity index (χ2v) is 12.1. The number of rotatable bonds is 3. The van der Waals surface area contributed by atoms with Crippen LogP contribution in [0.4, 0.5) is 0 Å². The van der Waals surface area contributed by atoms with E-state index in [2.05, 4.69) is 75.1 Å². The normalized spacial score (nSPS) is 14.0. The molecule has 1 heteroatoms. The van der Waals surface area contributed by atoms with Crippen molar-refractivity contribution in [1.82, 2.24) is 0 Å². The molecular formula is C20H24Si. The van der Waals surface area contributed by atoms with E-state index in [4.69, 9.17) is 0 Å². The first kappa shape index (κ1) is 14.3. The topological polar surface area (TPSA) is 0 Å². The molecule has 21 heavy (non-hydrogen) atoms. The summed E-state index contributed by atoms with van der Waals surface area (Å²) in [6, 6.07) is 16.0. The summed E-state index contributed by atoms with van der Waals surface area (Å²) in [4.78, 5) is 0. The smallest absolute Gasteiger partial charge is 0.0656 e. The highest BCUT2D eigenvalue weighted by molar-refractivity contribution is 6.88. The Morgan fingerprint density at radius 1 is 0.952 bits per heavy atom. The quantitative estimate of drug-likeness (QED) is 0.678. The van der Waals surface area contributed by atoms with Gasteiger partial charge in [-0.05, 0) is 35.1 Å². The summed E-state index contributed by atoms with van der Waals surface area (Å²) < 4.78 is 0. The van der Waals surface area contributed by atoms with Crippen LogP contribution in [0.2, 0.25) is 19.6 Å². The Morgan fingerprint density at radius 3 is 2.29 bits per heavy atom. The Balaban J connectivity index is 2.03. The maximum absolute atomic E-state index is 2.40. The monoisotopic (exact) mass is 292 g/mol. The zero-order valence-electron chi connectivity index (χ0n) is 13.5. The van der Waals surface area contributed by atoms with Crippen molar-refractivity contribution in [3.8, 4) is 11.1 Å². The van der Waals surface area contributed by atoms with Gasteiger partial charge < -0.3 is 0 Å². The van der Waals surface area contributed by atoms with E-state index in [9.17, 15) is 0 Å². The molecule has 2 aromatic rings. The number of allylic oxidation sites excluding steroid dienone is 1. The lowest BCUT2D eigenvalue weighted by Crippen LogP contribution is -2.37. The zero-order chi connectivity index (χ0) is 15.0. The van der Waals surface area contributed by atoms with E-state index in [0.29, 0.717) is 0 Å². The molecule has 3 rings (SSSR count). The van der Waals surface area contributed by atoms with Gasteiger partial charge in [0.15, 0.2) is 0 Å². The maximum atomic E-state index is 2.40. The summed E-state index contributed by atoms with van der Waals surface area (Å²) in [5, 5.41) is 1.53. The minimum absolute atomic E-state index is 1.13. The van der Waals surface area contributed by atoms with Gasteiger partial charge >= 0.3 is 0 Å². The molecule has 1 aliphatic rings. The third kappa shape index (κ3) is 2.75. The van der Waals surface area contributed by atoms with E-state index in [-0.39, 0.29) is 0 Å². The molecule has 0 aromatic heterocycles. The lowest BCUT2D eigenvalue weighted by atomic mass is 9.97. The third-order valence-electron chi connectivity index (χ3n) is 4.48. The maximum Gasteiger partial charge on any atom is 0.0775 e. The van der Waals surface area contributed by atoms with E-state index in [1.807, 2.05) is 0 Å². The van der Waals surface area contributed by atoms with Crippen LogP contribution in [0.25, 0.3) is 17.2 Å². The van der Waals surface area contributed by atoms with Crippen LogP contribution >= 0.6 is 0 Å². The van der Waals surface area contributed by atoms with E-state index in [1.165, 1.54) is 27.4 Å². The van der Waals surface area contributed by atoms with Crippen molar-refractivity contribution < 1.29 is 0 Å². The van der Waals surface area contributed by atoms with Gasteiger partial charge in [-0.3, -0.25) is 0 Å². The van der Waals surface area contributed by atoms with Crippen LogP contribution in [0.5, 0.6) is 0 Å². The minimum Gasteiger partial charge on any atom is -0.0656 e. The van der Waals surface area contributed by atoms with Crippen molar-refractivity contribution >= 4 is 19.3 Å². The standard InChI is InChI=1S/C20H24Si/c1-5-15-13-17-7-6-8-19(20(17)14-15)16-9-11-18(12-10-16)21(2,3)4/h6-12,14H,5,13H2,1-4H3. The molecule has 0 N–H and O–H groups in total. The van der Waals surface area contributed by atoms with Gasteiger partial charge in [0.05, 0.1) is 8.07 Å². The second kappa shape index (κ2) is 5.30. The largest absolute Gasteiger partial charge is 0.0775 e. The van der Waals surface area contributed by atoms with E-state index < -0.39 is 8.07 Å². The van der Waals surface area contributed by atoms with Gasteiger partial charge in [0.2, 0.25) is 0 Å². The first-order valence-corrected chi connectivity index (χ1v) is 11.4.